The zero-order valence-corrected chi connectivity index (χ0v) is 17.6. The molecule has 0 unspecified atom stereocenters. The molecule has 2 aromatic rings. The van der Waals surface area contributed by atoms with Gasteiger partial charge >= 0.3 is 0 Å². The number of anilines is 1. The molecule has 0 bridgehead atoms. The second-order valence-electron chi connectivity index (χ2n) is 7.11. The number of nitrogens with zero attached hydrogens (tertiary/aromatic N) is 2. The van der Waals surface area contributed by atoms with Crippen LogP contribution in [0.15, 0.2) is 46.9 Å². The first-order valence-electron chi connectivity index (χ1n) is 8.38. The third-order valence-electron chi connectivity index (χ3n) is 4.89. The maximum Gasteiger partial charge on any atom is 0.0998 e. The summed E-state index contributed by atoms with van der Waals surface area (Å²) in [6.45, 7) is 6.49. The van der Waals surface area contributed by atoms with Crippen molar-refractivity contribution in [2.45, 2.75) is 26.3 Å². The van der Waals surface area contributed by atoms with Crippen LogP contribution < -0.4 is 4.90 Å². The van der Waals surface area contributed by atoms with Gasteiger partial charge in [0.15, 0.2) is 0 Å². The highest BCUT2D eigenvalue weighted by Crippen LogP contribution is 2.41. The lowest BCUT2D eigenvalue weighted by Crippen LogP contribution is -2.42. The predicted octanol–water partition coefficient (Wildman–Crippen LogP) is 6.80. The van der Waals surface area contributed by atoms with Gasteiger partial charge in [0.25, 0.3) is 0 Å². The average Bonchev–Trinajstić information content (AvgIpc) is 2.58. The second-order valence-corrected chi connectivity index (χ2v) is 8.43. The van der Waals surface area contributed by atoms with Gasteiger partial charge in [0, 0.05) is 27.8 Å². The lowest BCUT2D eigenvalue weighted by molar-refractivity contribution is 0.598. The van der Waals surface area contributed by atoms with Crippen LogP contribution in [0.1, 0.15) is 37.5 Å². The highest BCUT2D eigenvalue weighted by atomic mass is 79.9. The van der Waals surface area contributed by atoms with Crippen LogP contribution in [0.4, 0.5) is 5.69 Å². The molecule has 0 fully saturated rings. The Morgan fingerprint density at radius 3 is 2.65 bits per heavy atom. The van der Waals surface area contributed by atoms with E-state index in [-0.39, 0.29) is 5.54 Å². The summed E-state index contributed by atoms with van der Waals surface area (Å²) in [5.74, 6) is 0. The third kappa shape index (κ3) is 3.45. The molecule has 0 amide bonds. The Labute approximate surface area is 168 Å². The minimum Gasteiger partial charge on any atom is -0.365 e. The van der Waals surface area contributed by atoms with Crippen LogP contribution in [-0.2, 0) is 0 Å². The summed E-state index contributed by atoms with van der Waals surface area (Å²) in [6, 6.07) is 14.1. The zero-order chi connectivity index (χ0) is 19.1. The quantitative estimate of drug-likeness (QED) is 0.389. The summed E-state index contributed by atoms with van der Waals surface area (Å²) >= 11 is 10.0. The molecular formula is C22H20BrClN2. The van der Waals surface area contributed by atoms with Crippen LogP contribution in [-0.4, -0.2) is 12.6 Å². The average molecular weight is 428 g/mol. The lowest BCUT2D eigenvalue weighted by Gasteiger charge is -2.40. The van der Waals surface area contributed by atoms with E-state index in [1.165, 1.54) is 5.57 Å². The van der Waals surface area contributed by atoms with Gasteiger partial charge in [-0.15, -0.1) is 0 Å². The fourth-order valence-corrected chi connectivity index (χ4v) is 3.90. The molecular weight excluding hydrogens is 408 g/mol. The highest BCUT2D eigenvalue weighted by Gasteiger charge is 2.29. The molecule has 2 aromatic carbocycles. The second kappa shape index (κ2) is 6.95. The molecule has 0 spiro atoms. The monoisotopic (exact) mass is 426 g/mol. The molecule has 4 heteroatoms. The molecule has 132 valence electrons. The maximum atomic E-state index is 9.63. The van der Waals surface area contributed by atoms with E-state index in [1.54, 1.807) is 0 Å². The first-order valence-corrected chi connectivity index (χ1v) is 9.55. The van der Waals surface area contributed by atoms with Crippen molar-refractivity contribution >= 4 is 50.4 Å². The van der Waals surface area contributed by atoms with Crippen molar-refractivity contribution in [2.75, 3.05) is 11.9 Å². The van der Waals surface area contributed by atoms with Gasteiger partial charge in [0.2, 0.25) is 0 Å². The molecule has 0 saturated heterocycles. The Hall–Kier alpha value is -2.02. The number of allylic oxidation sites excluding steroid dienone is 2. The molecule has 0 saturated carbocycles. The normalized spacial score (nSPS) is 16.0. The molecule has 1 heterocycles. The van der Waals surface area contributed by atoms with Crippen molar-refractivity contribution in [3.63, 3.8) is 0 Å². The number of fused-ring (bicyclic) bond motifs is 1. The van der Waals surface area contributed by atoms with Crippen molar-refractivity contribution in [1.29, 1.82) is 5.26 Å². The Bertz CT molecular complexity index is 980. The van der Waals surface area contributed by atoms with Crippen LogP contribution in [0.5, 0.6) is 0 Å². The summed E-state index contributed by atoms with van der Waals surface area (Å²) < 4.78 is 0.940. The number of rotatable bonds is 2. The van der Waals surface area contributed by atoms with Crippen LogP contribution in [0.2, 0.25) is 5.02 Å². The van der Waals surface area contributed by atoms with E-state index in [0.717, 1.165) is 26.9 Å². The molecule has 3 rings (SSSR count). The topological polar surface area (TPSA) is 27.0 Å². The van der Waals surface area contributed by atoms with Crippen molar-refractivity contribution in [3.8, 4) is 6.07 Å². The molecule has 26 heavy (non-hydrogen) atoms. The minimum atomic E-state index is -0.0636. The summed E-state index contributed by atoms with van der Waals surface area (Å²) in [5.41, 5.74) is 5.71. The van der Waals surface area contributed by atoms with Crippen LogP contribution in [0, 0.1) is 11.3 Å². The molecule has 1 aliphatic rings. The van der Waals surface area contributed by atoms with Crippen molar-refractivity contribution in [2.24, 2.45) is 0 Å². The van der Waals surface area contributed by atoms with Gasteiger partial charge in [-0.3, -0.25) is 0 Å². The third-order valence-corrected chi connectivity index (χ3v) is 5.71. The standard InChI is InChI=1S/C22H20BrClN2/c1-14-12-22(2,3)26(4)21-11-20(24)16(10-19(14)21)8-17(13-25)15-6-5-7-18(23)9-15/h5-12H,1-4H3/b17-8+. The van der Waals surface area contributed by atoms with E-state index in [9.17, 15) is 5.26 Å². The molecule has 0 radical (unpaired) electrons. The van der Waals surface area contributed by atoms with E-state index in [4.69, 9.17) is 11.6 Å². The minimum absolute atomic E-state index is 0.0636. The van der Waals surface area contributed by atoms with Crippen molar-refractivity contribution in [3.05, 3.63) is 68.7 Å². The summed E-state index contributed by atoms with van der Waals surface area (Å²) in [4.78, 5) is 2.23. The number of nitriles is 1. The van der Waals surface area contributed by atoms with Gasteiger partial charge in [0.05, 0.1) is 17.2 Å². The molecule has 1 aliphatic heterocycles. The largest absolute Gasteiger partial charge is 0.365 e. The van der Waals surface area contributed by atoms with Crippen LogP contribution in [0.3, 0.4) is 0 Å². The number of hydrogen-bond donors (Lipinski definition) is 0. The number of halogens is 2. The van der Waals surface area contributed by atoms with Gasteiger partial charge in [-0.25, -0.2) is 0 Å². The van der Waals surface area contributed by atoms with Crippen LogP contribution in [0.25, 0.3) is 17.2 Å². The lowest BCUT2D eigenvalue weighted by atomic mass is 9.88. The summed E-state index contributed by atoms with van der Waals surface area (Å²) in [6.07, 6.45) is 4.12. The summed E-state index contributed by atoms with van der Waals surface area (Å²) in [5, 5.41) is 10.3. The first-order chi connectivity index (χ1) is 12.2. The Balaban J connectivity index is 2.13. The van der Waals surface area contributed by atoms with E-state index in [0.29, 0.717) is 10.6 Å². The van der Waals surface area contributed by atoms with Gasteiger partial charge < -0.3 is 4.90 Å². The Kier molecular flexibility index (Phi) is 5.01. The molecule has 0 aliphatic carbocycles. The van der Waals surface area contributed by atoms with E-state index >= 15 is 0 Å². The van der Waals surface area contributed by atoms with Gasteiger partial charge in [-0.1, -0.05) is 45.7 Å². The molecule has 0 N–H and O–H groups in total. The van der Waals surface area contributed by atoms with Gasteiger partial charge in [0.1, 0.15) is 0 Å². The zero-order valence-electron chi connectivity index (χ0n) is 15.3. The van der Waals surface area contributed by atoms with Gasteiger partial charge in [-0.05, 0) is 67.8 Å². The summed E-state index contributed by atoms with van der Waals surface area (Å²) in [7, 11) is 2.08. The fourth-order valence-electron chi connectivity index (χ4n) is 3.29. The highest BCUT2D eigenvalue weighted by molar-refractivity contribution is 9.10. The number of hydrogen-bond acceptors (Lipinski definition) is 2. The fraction of sp³-hybridized carbons (Fsp3) is 0.227. The number of likely N-dealkylation sites (N-methyl/N-ethyl adjacent to an activating group) is 1. The van der Waals surface area contributed by atoms with E-state index < -0.39 is 0 Å². The SMILES string of the molecule is CC1=CC(C)(C)N(C)c2cc(Cl)c(/C=C(\C#N)c3cccc(Br)c3)cc21. The predicted molar refractivity (Wildman–Crippen MR) is 115 cm³/mol. The maximum absolute atomic E-state index is 9.63. The Morgan fingerprint density at radius 2 is 2.00 bits per heavy atom. The smallest absolute Gasteiger partial charge is 0.0998 e. The van der Waals surface area contributed by atoms with E-state index in [1.807, 2.05) is 36.4 Å². The van der Waals surface area contributed by atoms with Crippen molar-refractivity contribution in [1.82, 2.24) is 0 Å². The molecule has 2 nitrogen and oxygen atoms in total. The first kappa shape index (κ1) is 18.8. The van der Waals surface area contributed by atoms with Gasteiger partial charge in [-0.2, -0.15) is 5.26 Å². The number of benzene rings is 2. The molecule has 0 aromatic heterocycles. The van der Waals surface area contributed by atoms with Crippen LogP contribution >= 0.6 is 27.5 Å². The van der Waals surface area contributed by atoms with Crippen molar-refractivity contribution < 1.29 is 0 Å². The molecule has 0 atom stereocenters. The Morgan fingerprint density at radius 1 is 1.27 bits per heavy atom. The van der Waals surface area contributed by atoms with E-state index in [2.05, 4.69) is 66.9 Å².